The maximum absolute atomic E-state index is 12.0. The fraction of sp³-hybridized carbons (Fsp3) is 0.278. The number of carbonyl (C=O) groups is 1. The molecule has 0 radical (unpaired) electrons. The predicted molar refractivity (Wildman–Crippen MR) is 102 cm³/mol. The first-order chi connectivity index (χ1) is 11.6. The van der Waals surface area contributed by atoms with Gasteiger partial charge >= 0.3 is 0 Å². The number of benzene rings is 1. The molecule has 4 nitrogen and oxygen atoms in total. The van der Waals surface area contributed by atoms with E-state index < -0.39 is 0 Å². The average Bonchev–Trinajstić information content (AvgIpc) is 3.00. The Kier molecular flexibility index (Phi) is 5.16. The van der Waals surface area contributed by atoms with Crippen LogP contribution in [-0.2, 0) is 4.79 Å². The minimum absolute atomic E-state index is 0.0328. The number of rotatable bonds is 5. The highest BCUT2D eigenvalue weighted by Crippen LogP contribution is 2.37. The van der Waals surface area contributed by atoms with Crippen LogP contribution in [0.3, 0.4) is 0 Å². The first-order valence-electron chi connectivity index (χ1n) is 7.86. The Labute approximate surface area is 149 Å². The van der Waals surface area contributed by atoms with Crippen LogP contribution in [0.5, 0.6) is 0 Å². The summed E-state index contributed by atoms with van der Waals surface area (Å²) >= 11 is 3.15. The third kappa shape index (κ3) is 3.60. The number of aromatic nitrogens is 2. The maximum atomic E-state index is 12.0. The zero-order valence-electron chi connectivity index (χ0n) is 13.9. The second-order valence-electron chi connectivity index (χ2n) is 5.43. The van der Waals surface area contributed by atoms with Gasteiger partial charge < -0.3 is 5.32 Å². The standard InChI is InChI=1S/C18H19N3OS2/c1-4-19-16(22)11(2)23-17-14-10-15(13-8-6-5-7-9-13)24-18(14)21-12(3)20-17/h5-11H,4H2,1-3H3,(H,19,22)/t11-/m1/s1. The lowest BCUT2D eigenvalue weighted by molar-refractivity contribution is -0.120. The van der Waals surface area contributed by atoms with Gasteiger partial charge in [0, 0.05) is 16.8 Å². The van der Waals surface area contributed by atoms with E-state index in [1.807, 2.05) is 39.0 Å². The van der Waals surface area contributed by atoms with Crippen LogP contribution in [-0.4, -0.2) is 27.7 Å². The molecular weight excluding hydrogens is 338 g/mol. The Balaban J connectivity index is 1.99. The molecule has 0 fully saturated rings. The summed E-state index contributed by atoms with van der Waals surface area (Å²) < 4.78 is 0. The molecule has 0 aliphatic carbocycles. The van der Waals surface area contributed by atoms with Crippen LogP contribution in [0.15, 0.2) is 41.4 Å². The van der Waals surface area contributed by atoms with Crippen LogP contribution in [0.4, 0.5) is 0 Å². The van der Waals surface area contributed by atoms with Crippen molar-refractivity contribution in [3.8, 4) is 10.4 Å². The van der Waals surface area contributed by atoms with Crippen LogP contribution >= 0.6 is 23.1 Å². The molecule has 0 aliphatic rings. The number of thioether (sulfide) groups is 1. The van der Waals surface area contributed by atoms with E-state index >= 15 is 0 Å². The van der Waals surface area contributed by atoms with Gasteiger partial charge in [-0.25, -0.2) is 9.97 Å². The number of hydrogen-bond acceptors (Lipinski definition) is 5. The molecule has 0 saturated carbocycles. The van der Waals surface area contributed by atoms with Gasteiger partial charge in [0.15, 0.2) is 0 Å². The number of amides is 1. The average molecular weight is 358 g/mol. The van der Waals surface area contributed by atoms with Crippen molar-refractivity contribution >= 4 is 39.2 Å². The summed E-state index contributed by atoms with van der Waals surface area (Å²) in [6.45, 7) is 6.36. The third-order valence-electron chi connectivity index (χ3n) is 3.54. The predicted octanol–water partition coefficient (Wildman–Crippen LogP) is 4.28. The van der Waals surface area contributed by atoms with E-state index in [0.29, 0.717) is 6.54 Å². The van der Waals surface area contributed by atoms with Gasteiger partial charge in [-0.2, -0.15) is 0 Å². The van der Waals surface area contributed by atoms with E-state index in [1.165, 1.54) is 17.3 Å². The molecule has 3 rings (SSSR count). The molecule has 1 N–H and O–H groups in total. The van der Waals surface area contributed by atoms with Crippen molar-refractivity contribution in [3.05, 3.63) is 42.2 Å². The number of nitrogens with zero attached hydrogens (tertiary/aromatic N) is 2. The molecule has 0 spiro atoms. The minimum Gasteiger partial charge on any atom is -0.355 e. The second kappa shape index (κ2) is 7.32. The van der Waals surface area contributed by atoms with Crippen molar-refractivity contribution in [1.82, 2.24) is 15.3 Å². The second-order valence-corrected chi connectivity index (χ2v) is 7.79. The minimum atomic E-state index is -0.192. The molecule has 3 aromatic rings. The van der Waals surface area contributed by atoms with Crippen LogP contribution in [0.1, 0.15) is 19.7 Å². The number of aryl methyl sites for hydroxylation is 1. The summed E-state index contributed by atoms with van der Waals surface area (Å²) in [7, 11) is 0. The zero-order valence-corrected chi connectivity index (χ0v) is 15.5. The van der Waals surface area contributed by atoms with Crippen molar-refractivity contribution in [2.24, 2.45) is 0 Å². The lowest BCUT2D eigenvalue weighted by Crippen LogP contribution is -2.30. The molecule has 24 heavy (non-hydrogen) atoms. The molecule has 124 valence electrons. The highest BCUT2D eigenvalue weighted by atomic mass is 32.2. The molecule has 0 saturated heterocycles. The van der Waals surface area contributed by atoms with Gasteiger partial charge in [-0.15, -0.1) is 11.3 Å². The first kappa shape index (κ1) is 16.9. The van der Waals surface area contributed by atoms with Crippen molar-refractivity contribution in [1.29, 1.82) is 0 Å². The lowest BCUT2D eigenvalue weighted by Gasteiger charge is -2.11. The quantitative estimate of drug-likeness (QED) is 0.547. The van der Waals surface area contributed by atoms with Crippen molar-refractivity contribution in [3.63, 3.8) is 0 Å². The first-order valence-corrected chi connectivity index (χ1v) is 9.56. The normalized spacial score (nSPS) is 12.3. The fourth-order valence-corrected chi connectivity index (χ4v) is 4.51. The number of thiophene rings is 1. The molecule has 1 aromatic carbocycles. The molecule has 0 bridgehead atoms. The highest BCUT2D eigenvalue weighted by Gasteiger charge is 2.18. The van der Waals surface area contributed by atoms with Gasteiger partial charge in [0.05, 0.1) is 5.25 Å². The lowest BCUT2D eigenvalue weighted by atomic mass is 10.2. The SMILES string of the molecule is CCNC(=O)[C@@H](C)Sc1nc(C)nc2sc(-c3ccccc3)cc12. The molecule has 1 amide bonds. The Morgan fingerprint density at radius 3 is 2.75 bits per heavy atom. The topological polar surface area (TPSA) is 54.9 Å². The molecule has 0 aliphatic heterocycles. The van der Waals surface area contributed by atoms with Gasteiger partial charge in [-0.05, 0) is 32.4 Å². The van der Waals surface area contributed by atoms with Gasteiger partial charge in [0.25, 0.3) is 0 Å². The molecule has 1 atom stereocenters. The van der Waals surface area contributed by atoms with Gasteiger partial charge in [0.1, 0.15) is 15.7 Å². The molecule has 2 aromatic heterocycles. The van der Waals surface area contributed by atoms with E-state index in [-0.39, 0.29) is 11.2 Å². The summed E-state index contributed by atoms with van der Waals surface area (Å²) in [5, 5.41) is 4.56. The van der Waals surface area contributed by atoms with E-state index in [2.05, 4.69) is 33.5 Å². The number of fused-ring (bicyclic) bond motifs is 1. The van der Waals surface area contributed by atoms with Gasteiger partial charge in [-0.3, -0.25) is 4.79 Å². The van der Waals surface area contributed by atoms with Gasteiger partial charge in [0.2, 0.25) is 5.91 Å². The molecule has 6 heteroatoms. The van der Waals surface area contributed by atoms with Crippen molar-refractivity contribution in [2.75, 3.05) is 6.54 Å². The summed E-state index contributed by atoms with van der Waals surface area (Å²) in [6, 6.07) is 12.4. The highest BCUT2D eigenvalue weighted by molar-refractivity contribution is 8.00. The van der Waals surface area contributed by atoms with Crippen molar-refractivity contribution in [2.45, 2.75) is 31.0 Å². The molecule has 0 unspecified atom stereocenters. The smallest absolute Gasteiger partial charge is 0.233 e. The van der Waals surface area contributed by atoms with Crippen LogP contribution < -0.4 is 5.32 Å². The molecule has 2 heterocycles. The van der Waals surface area contributed by atoms with E-state index in [1.54, 1.807) is 11.3 Å². The Bertz CT molecular complexity index is 861. The summed E-state index contributed by atoms with van der Waals surface area (Å²) in [5.74, 6) is 0.764. The largest absolute Gasteiger partial charge is 0.355 e. The van der Waals surface area contributed by atoms with Gasteiger partial charge in [-0.1, -0.05) is 42.1 Å². The van der Waals surface area contributed by atoms with Crippen LogP contribution in [0.25, 0.3) is 20.7 Å². The fourth-order valence-electron chi connectivity index (χ4n) is 2.37. The third-order valence-corrected chi connectivity index (χ3v) is 5.72. The van der Waals surface area contributed by atoms with E-state index in [9.17, 15) is 4.79 Å². The van der Waals surface area contributed by atoms with Crippen LogP contribution in [0.2, 0.25) is 0 Å². The number of carbonyl (C=O) groups excluding carboxylic acids is 1. The number of hydrogen-bond donors (Lipinski definition) is 1. The monoisotopic (exact) mass is 357 g/mol. The molecular formula is C18H19N3OS2. The summed E-state index contributed by atoms with van der Waals surface area (Å²) in [6.07, 6.45) is 0. The Hall–Kier alpha value is -1.92. The van der Waals surface area contributed by atoms with Crippen LogP contribution in [0, 0.1) is 6.92 Å². The Morgan fingerprint density at radius 2 is 2.04 bits per heavy atom. The summed E-state index contributed by atoms with van der Waals surface area (Å²) in [4.78, 5) is 23.3. The number of nitrogens with one attached hydrogen (secondary N) is 1. The maximum Gasteiger partial charge on any atom is 0.233 e. The van der Waals surface area contributed by atoms with E-state index in [4.69, 9.17) is 0 Å². The zero-order chi connectivity index (χ0) is 17.1. The summed E-state index contributed by atoms with van der Waals surface area (Å²) in [5.41, 5.74) is 1.17. The Morgan fingerprint density at radius 1 is 1.29 bits per heavy atom. The van der Waals surface area contributed by atoms with Crippen molar-refractivity contribution < 1.29 is 4.79 Å². The van der Waals surface area contributed by atoms with E-state index in [0.717, 1.165) is 25.9 Å².